The van der Waals surface area contributed by atoms with Crippen molar-refractivity contribution in [1.82, 2.24) is 25.1 Å². The van der Waals surface area contributed by atoms with Crippen LogP contribution >= 0.6 is 0 Å². The SMILES string of the molecule is CCNC(Cc1ncnn1C)c1cc(C)ccn1. The zero-order chi connectivity index (χ0) is 13.0. The van der Waals surface area contributed by atoms with Gasteiger partial charge in [0.2, 0.25) is 0 Å². The molecule has 5 nitrogen and oxygen atoms in total. The van der Waals surface area contributed by atoms with Crippen LogP contribution in [0.15, 0.2) is 24.7 Å². The second-order valence-corrected chi connectivity index (χ2v) is 4.37. The van der Waals surface area contributed by atoms with Crippen molar-refractivity contribution >= 4 is 0 Å². The van der Waals surface area contributed by atoms with E-state index in [0.717, 1.165) is 24.5 Å². The van der Waals surface area contributed by atoms with Crippen LogP contribution in [0.25, 0.3) is 0 Å². The molecule has 1 N–H and O–H groups in total. The molecule has 0 saturated carbocycles. The quantitative estimate of drug-likeness (QED) is 0.865. The maximum atomic E-state index is 4.45. The van der Waals surface area contributed by atoms with Gasteiger partial charge in [-0.2, -0.15) is 5.10 Å². The lowest BCUT2D eigenvalue weighted by Gasteiger charge is -2.17. The number of aryl methyl sites for hydroxylation is 2. The second-order valence-electron chi connectivity index (χ2n) is 4.37. The molecule has 0 bridgehead atoms. The van der Waals surface area contributed by atoms with Crippen molar-refractivity contribution < 1.29 is 0 Å². The predicted molar refractivity (Wildman–Crippen MR) is 70.1 cm³/mol. The summed E-state index contributed by atoms with van der Waals surface area (Å²) < 4.78 is 1.81. The monoisotopic (exact) mass is 245 g/mol. The summed E-state index contributed by atoms with van der Waals surface area (Å²) in [5, 5.41) is 7.55. The van der Waals surface area contributed by atoms with Gasteiger partial charge in [0.15, 0.2) is 0 Å². The van der Waals surface area contributed by atoms with Crippen LogP contribution in [0.1, 0.15) is 30.0 Å². The zero-order valence-electron chi connectivity index (χ0n) is 11.1. The molecule has 18 heavy (non-hydrogen) atoms. The van der Waals surface area contributed by atoms with Gasteiger partial charge < -0.3 is 5.32 Å². The molecular formula is C13H19N5. The van der Waals surface area contributed by atoms with Crippen molar-refractivity contribution in [3.63, 3.8) is 0 Å². The molecule has 0 aliphatic rings. The Hall–Kier alpha value is -1.75. The summed E-state index contributed by atoms with van der Waals surface area (Å²) in [6.07, 6.45) is 4.23. The van der Waals surface area contributed by atoms with Crippen molar-refractivity contribution in [1.29, 1.82) is 0 Å². The van der Waals surface area contributed by atoms with Gasteiger partial charge in [-0.25, -0.2) is 4.98 Å². The summed E-state index contributed by atoms with van der Waals surface area (Å²) in [6.45, 7) is 5.08. The van der Waals surface area contributed by atoms with E-state index in [4.69, 9.17) is 0 Å². The van der Waals surface area contributed by atoms with Crippen molar-refractivity contribution in [2.75, 3.05) is 6.54 Å². The van der Waals surface area contributed by atoms with Crippen LogP contribution < -0.4 is 5.32 Å². The van der Waals surface area contributed by atoms with E-state index in [0.29, 0.717) is 0 Å². The average molecular weight is 245 g/mol. The van der Waals surface area contributed by atoms with Crippen molar-refractivity contribution in [3.8, 4) is 0 Å². The maximum Gasteiger partial charge on any atom is 0.138 e. The van der Waals surface area contributed by atoms with Gasteiger partial charge in [-0.05, 0) is 31.2 Å². The third-order valence-corrected chi connectivity index (χ3v) is 2.94. The van der Waals surface area contributed by atoms with Gasteiger partial charge in [-0.15, -0.1) is 0 Å². The summed E-state index contributed by atoms with van der Waals surface area (Å²) in [5.41, 5.74) is 2.28. The molecule has 2 aromatic heterocycles. The van der Waals surface area contributed by atoms with Gasteiger partial charge >= 0.3 is 0 Å². The van der Waals surface area contributed by atoms with Gasteiger partial charge in [0.05, 0.1) is 11.7 Å². The lowest BCUT2D eigenvalue weighted by atomic mass is 10.1. The highest BCUT2D eigenvalue weighted by Gasteiger charge is 2.15. The van der Waals surface area contributed by atoms with Gasteiger partial charge in [-0.3, -0.25) is 9.67 Å². The van der Waals surface area contributed by atoms with Gasteiger partial charge in [0.1, 0.15) is 12.2 Å². The standard InChI is InChI=1S/C13H19N5/c1-4-14-12(8-13-16-9-17-18(13)3)11-7-10(2)5-6-15-11/h5-7,9,12,14H,4,8H2,1-3H3. The minimum Gasteiger partial charge on any atom is -0.309 e. The molecule has 0 radical (unpaired) electrons. The summed E-state index contributed by atoms with van der Waals surface area (Å²) >= 11 is 0. The van der Waals surface area contributed by atoms with Crippen molar-refractivity contribution in [3.05, 3.63) is 41.7 Å². The Balaban J connectivity index is 2.20. The molecule has 1 unspecified atom stereocenters. The van der Waals surface area contributed by atoms with Gasteiger partial charge in [0.25, 0.3) is 0 Å². The van der Waals surface area contributed by atoms with E-state index in [1.807, 2.05) is 19.3 Å². The number of pyridine rings is 1. The molecule has 5 heteroatoms. The number of nitrogens with one attached hydrogen (secondary N) is 1. The highest BCUT2D eigenvalue weighted by atomic mass is 15.3. The van der Waals surface area contributed by atoms with E-state index in [1.54, 1.807) is 11.0 Å². The Morgan fingerprint density at radius 3 is 2.83 bits per heavy atom. The van der Waals surface area contributed by atoms with E-state index in [9.17, 15) is 0 Å². The van der Waals surface area contributed by atoms with Crippen LogP contribution in [0, 0.1) is 6.92 Å². The highest BCUT2D eigenvalue weighted by Crippen LogP contribution is 2.15. The smallest absolute Gasteiger partial charge is 0.138 e. The Labute approximate surface area is 107 Å². The van der Waals surface area contributed by atoms with E-state index in [2.05, 4.69) is 40.3 Å². The number of rotatable bonds is 5. The Kier molecular flexibility index (Phi) is 4.04. The molecule has 0 aliphatic carbocycles. The average Bonchev–Trinajstić information content (AvgIpc) is 2.74. The fraction of sp³-hybridized carbons (Fsp3) is 0.462. The summed E-state index contributed by atoms with van der Waals surface area (Å²) in [5.74, 6) is 0.962. The molecule has 2 aromatic rings. The van der Waals surface area contributed by atoms with Crippen LogP contribution in [-0.4, -0.2) is 26.3 Å². The number of likely N-dealkylation sites (N-methyl/N-ethyl adjacent to an activating group) is 1. The summed E-state index contributed by atoms with van der Waals surface area (Å²) in [4.78, 5) is 8.72. The molecule has 0 aromatic carbocycles. The third kappa shape index (κ3) is 2.92. The molecule has 1 atom stereocenters. The number of nitrogens with zero attached hydrogens (tertiary/aromatic N) is 4. The van der Waals surface area contributed by atoms with Gasteiger partial charge in [0, 0.05) is 19.7 Å². The first-order valence-electron chi connectivity index (χ1n) is 6.19. The Morgan fingerprint density at radius 1 is 1.39 bits per heavy atom. The highest BCUT2D eigenvalue weighted by molar-refractivity contribution is 5.18. The van der Waals surface area contributed by atoms with Crippen LogP contribution in [0.3, 0.4) is 0 Å². The van der Waals surface area contributed by atoms with Crippen LogP contribution in [0.2, 0.25) is 0 Å². The first-order valence-corrected chi connectivity index (χ1v) is 6.19. The van der Waals surface area contributed by atoms with Crippen LogP contribution in [0.5, 0.6) is 0 Å². The maximum absolute atomic E-state index is 4.45. The minimum atomic E-state index is 0.179. The topological polar surface area (TPSA) is 55.6 Å². The van der Waals surface area contributed by atoms with E-state index >= 15 is 0 Å². The molecule has 0 fully saturated rings. The van der Waals surface area contributed by atoms with Crippen molar-refractivity contribution in [2.24, 2.45) is 7.05 Å². The van der Waals surface area contributed by atoms with Crippen molar-refractivity contribution in [2.45, 2.75) is 26.3 Å². The lowest BCUT2D eigenvalue weighted by Crippen LogP contribution is -2.25. The number of hydrogen-bond acceptors (Lipinski definition) is 4. The zero-order valence-corrected chi connectivity index (χ0v) is 11.1. The molecule has 96 valence electrons. The molecule has 0 amide bonds. The minimum absolute atomic E-state index is 0.179. The normalized spacial score (nSPS) is 12.6. The first kappa shape index (κ1) is 12.7. The Bertz CT molecular complexity index is 506. The largest absolute Gasteiger partial charge is 0.309 e. The molecule has 2 rings (SSSR count). The molecule has 0 saturated heterocycles. The summed E-state index contributed by atoms with van der Waals surface area (Å²) in [6, 6.07) is 4.30. The lowest BCUT2D eigenvalue weighted by molar-refractivity contribution is 0.511. The summed E-state index contributed by atoms with van der Waals surface area (Å²) in [7, 11) is 1.91. The Morgan fingerprint density at radius 2 is 2.22 bits per heavy atom. The van der Waals surface area contributed by atoms with E-state index < -0.39 is 0 Å². The fourth-order valence-corrected chi connectivity index (χ4v) is 1.97. The molecule has 0 spiro atoms. The predicted octanol–water partition coefficient (Wildman–Crippen LogP) is 1.41. The van der Waals surface area contributed by atoms with Crippen LogP contribution in [-0.2, 0) is 13.5 Å². The fourth-order valence-electron chi connectivity index (χ4n) is 1.97. The van der Waals surface area contributed by atoms with E-state index in [1.165, 1.54) is 5.56 Å². The number of aromatic nitrogens is 4. The number of hydrogen-bond donors (Lipinski definition) is 1. The van der Waals surface area contributed by atoms with E-state index in [-0.39, 0.29) is 6.04 Å². The van der Waals surface area contributed by atoms with Crippen LogP contribution in [0.4, 0.5) is 0 Å². The molecule has 2 heterocycles. The third-order valence-electron chi connectivity index (χ3n) is 2.94. The van der Waals surface area contributed by atoms with Gasteiger partial charge in [-0.1, -0.05) is 6.92 Å². The second kappa shape index (κ2) is 5.73. The molecular weight excluding hydrogens is 226 g/mol. The first-order chi connectivity index (χ1) is 8.70. The molecule has 0 aliphatic heterocycles.